The van der Waals surface area contributed by atoms with Gasteiger partial charge in [-0.15, -0.1) is 0 Å². The monoisotopic (exact) mass is 403 g/mol. The van der Waals surface area contributed by atoms with Crippen molar-refractivity contribution in [3.05, 3.63) is 33.9 Å². The van der Waals surface area contributed by atoms with Crippen LogP contribution in [0.5, 0.6) is 5.75 Å². The minimum atomic E-state index is -0.345. The molecule has 3 rings (SSSR count). The highest BCUT2D eigenvalue weighted by Gasteiger charge is 2.25. The number of rotatable bonds is 9. The molecule has 6 heteroatoms. The van der Waals surface area contributed by atoms with Crippen molar-refractivity contribution in [1.29, 1.82) is 0 Å². The molecule has 0 heterocycles. The average Bonchev–Trinajstić information content (AvgIpc) is 2.75. The molecule has 0 spiro atoms. The van der Waals surface area contributed by atoms with Crippen LogP contribution in [0.2, 0.25) is 0 Å². The molecular weight excluding hydrogens is 366 g/mol. The highest BCUT2D eigenvalue weighted by molar-refractivity contribution is 5.48. The third-order valence-electron chi connectivity index (χ3n) is 6.90. The fourth-order valence-corrected chi connectivity index (χ4v) is 5.19. The van der Waals surface area contributed by atoms with E-state index in [1.807, 2.05) is 6.07 Å². The second kappa shape index (κ2) is 10.9. The Morgan fingerprint density at radius 2 is 1.66 bits per heavy atom. The molecule has 162 valence electrons. The molecule has 2 fully saturated rings. The number of nitro groups is 1. The third-order valence-corrected chi connectivity index (χ3v) is 6.90. The summed E-state index contributed by atoms with van der Waals surface area (Å²) in [5.74, 6) is 2.51. The van der Waals surface area contributed by atoms with Gasteiger partial charge in [0, 0.05) is 25.7 Å². The standard InChI is InChI=1S/C23H37N3O3/c1-29-23-12-11-21(13-22(23)26(27)28)17-25(15-19-5-3-2-4-6-19)16-20-9-7-18(14-24)8-10-20/h11-13,18-20H,2-10,14-17,24H2,1H3. The molecule has 2 saturated carbocycles. The maximum absolute atomic E-state index is 11.4. The van der Waals surface area contributed by atoms with Crippen LogP contribution in [0.25, 0.3) is 0 Å². The molecule has 1 aromatic carbocycles. The fourth-order valence-electron chi connectivity index (χ4n) is 5.19. The molecule has 0 bridgehead atoms. The molecule has 1 aromatic rings. The van der Waals surface area contributed by atoms with Crippen LogP contribution < -0.4 is 10.5 Å². The van der Waals surface area contributed by atoms with E-state index in [2.05, 4.69) is 4.90 Å². The van der Waals surface area contributed by atoms with Gasteiger partial charge < -0.3 is 10.5 Å². The predicted octanol–water partition coefficient (Wildman–Crippen LogP) is 4.75. The van der Waals surface area contributed by atoms with Gasteiger partial charge in [0.25, 0.3) is 0 Å². The second-order valence-electron chi connectivity index (χ2n) is 9.08. The molecule has 0 radical (unpaired) electrons. The van der Waals surface area contributed by atoms with Crippen molar-refractivity contribution in [2.75, 3.05) is 26.7 Å². The van der Waals surface area contributed by atoms with E-state index in [0.717, 1.165) is 43.6 Å². The Labute approximate surface area is 174 Å². The number of hydrogen-bond donors (Lipinski definition) is 1. The van der Waals surface area contributed by atoms with Crippen molar-refractivity contribution in [1.82, 2.24) is 4.90 Å². The van der Waals surface area contributed by atoms with Gasteiger partial charge in [-0.1, -0.05) is 25.3 Å². The van der Waals surface area contributed by atoms with Gasteiger partial charge in [-0.2, -0.15) is 0 Å². The van der Waals surface area contributed by atoms with Crippen LogP contribution in [0.4, 0.5) is 5.69 Å². The Morgan fingerprint density at radius 1 is 1.03 bits per heavy atom. The van der Waals surface area contributed by atoms with E-state index in [1.54, 1.807) is 12.1 Å². The zero-order chi connectivity index (χ0) is 20.6. The third kappa shape index (κ3) is 6.41. The van der Waals surface area contributed by atoms with Crippen molar-refractivity contribution in [3.8, 4) is 5.75 Å². The summed E-state index contributed by atoms with van der Waals surface area (Å²) in [7, 11) is 1.48. The van der Waals surface area contributed by atoms with E-state index in [9.17, 15) is 10.1 Å². The van der Waals surface area contributed by atoms with Gasteiger partial charge in [0.15, 0.2) is 5.75 Å². The van der Waals surface area contributed by atoms with Crippen molar-refractivity contribution < 1.29 is 9.66 Å². The summed E-state index contributed by atoms with van der Waals surface area (Å²) in [4.78, 5) is 13.6. The molecule has 0 amide bonds. The summed E-state index contributed by atoms with van der Waals surface area (Å²) in [6, 6.07) is 5.40. The van der Waals surface area contributed by atoms with Gasteiger partial charge in [-0.05, 0) is 74.5 Å². The summed E-state index contributed by atoms with van der Waals surface area (Å²) >= 11 is 0. The minimum Gasteiger partial charge on any atom is -0.490 e. The Hall–Kier alpha value is -1.66. The van der Waals surface area contributed by atoms with E-state index in [1.165, 1.54) is 64.9 Å². The fraction of sp³-hybridized carbons (Fsp3) is 0.739. The van der Waals surface area contributed by atoms with Crippen LogP contribution in [-0.2, 0) is 6.54 Å². The molecule has 2 aliphatic rings. The van der Waals surface area contributed by atoms with Gasteiger partial charge in [-0.25, -0.2) is 0 Å². The molecular formula is C23H37N3O3. The van der Waals surface area contributed by atoms with Gasteiger partial charge >= 0.3 is 5.69 Å². The summed E-state index contributed by atoms with van der Waals surface area (Å²) in [5, 5.41) is 11.4. The number of benzene rings is 1. The number of ether oxygens (including phenoxy) is 1. The minimum absolute atomic E-state index is 0.0612. The number of nitrogens with zero attached hydrogens (tertiary/aromatic N) is 2. The summed E-state index contributed by atoms with van der Waals surface area (Å²) in [5.41, 5.74) is 6.93. The number of nitrogens with two attached hydrogens (primary N) is 1. The van der Waals surface area contributed by atoms with Crippen molar-refractivity contribution in [3.63, 3.8) is 0 Å². The quantitative estimate of drug-likeness (QED) is 0.475. The SMILES string of the molecule is COc1ccc(CN(CC2CCCCC2)CC2CCC(CN)CC2)cc1[N+](=O)[O-]. The highest BCUT2D eigenvalue weighted by atomic mass is 16.6. The second-order valence-corrected chi connectivity index (χ2v) is 9.08. The predicted molar refractivity (Wildman–Crippen MR) is 116 cm³/mol. The molecule has 0 unspecified atom stereocenters. The van der Waals surface area contributed by atoms with Crippen LogP contribution in [0.15, 0.2) is 18.2 Å². The van der Waals surface area contributed by atoms with Crippen LogP contribution in [-0.4, -0.2) is 36.6 Å². The summed E-state index contributed by atoms with van der Waals surface area (Å²) in [6.07, 6.45) is 11.7. The van der Waals surface area contributed by atoms with Crippen LogP contribution in [0.1, 0.15) is 63.4 Å². The summed E-state index contributed by atoms with van der Waals surface area (Å²) < 4.78 is 5.16. The average molecular weight is 404 g/mol. The molecule has 2 aliphatic carbocycles. The first kappa shape index (κ1) is 22.0. The van der Waals surface area contributed by atoms with Gasteiger partial charge in [-0.3, -0.25) is 15.0 Å². The van der Waals surface area contributed by atoms with E-state index < -0.39 is 0 Å². The van der Waals surface area contributed by atoms with E-state index in [4.69, 9.17) is 10.5 Å². The van der Waals surface area contributed by atoms with Crippen LogP contribution in [0.3, 0.4) is 0 Å². The maximum atomic E-state index is 11.4. The van der Waals surface area contributed by atoms with Gasteiger partial charge in [0.2, 0.25) is 0 Å². The lowest BCUT2D eigenvalue weighted by atomic mass is 9.81. The van der Waals surface area contributed by atoms with Crippen molar-refractivity contribution in [2.24, 2.45) is 23.5 Å². The zero-order valence-corrected chi connectivity index (χ0v) is 17.9. The number of methoxy groups -OCH3 is 1. The van der Waals surface area contributed by atoms with Crippen LogP contribution >= 0.6 is 0 Å². The lowest BCUT2D eigenvalue weighted by Crippen LogP contribution is -2.36. The first-order chi connectivity index (χ1) is 14.1. The first-order valence-electron chi connectivity index (χ1n) is 11.3. The number of nitro benzene ring substituents is 1. The molecule has 0 aliphatic heterocycles. The smallest absolute Gasteiger partial charge is 0.311 e. The van der Waals surface area contributed by atoms with E-state index in [-0.39, 0.29) is 10.6 Å². The highest BCUT2D eigenvalue weighted by Crippen LogP contribution is 2.32. The van der Waals surface area contributed by atoms with Crippen molar-refractivity contribution >= 4 is 5.69 Å². The summed E-state index contributed by atoms with van der Waals surface area (Å²) in [6.45, 7) is 3.79. The lowest BCUT2D eigenvalue weighted by Gasteiger charge is -2.35. The van der Waals surface area contributed by atoms with Gasteiger partial charge in [0.1, 0.15) is 0 Å². The van der Waals surface area contributed by atoms with Crippen molar-refractivity contribution in [2.45, 2.75) is 64.3 Å². The topological polar surface area (TPSA) is 81.6 Å². The molecule has 29 heavy (non-hydrogen) atoms. The molecule has 0 saturated heterocycles. The Morgan fingerprint density at radius 3 is 2.24 bits per heavy atom. The van der Waals surface area contributed by atoms with Crippen LogP contribution in [0, 0.1) is 27.9 Å². The normalized spacial score (nSPS) is 23.3. The number of hydrogen-bond acceptors (Lipinski definition) is 5. The molecule has 6 nitrogen and oxygen atoms in total. The van der Waals surface area contributed by atoms with E-state index in [0.29, 0.717) is 11.7 Å². The Bertz CT molecular complexity index is 653. The maximum Gasteiger partial charge on any atom is 0.311 e. The largest absolute Gasteiger partial charge is 0.490 e. The Kier molecular flexibility index (Phi) is 8.30. The molecule has 0 aromatic heterocycles. The molecule has 0 atom stereocenters. The molecule has 2 N–H and O–H groups in total. The Balaban J connectivity index is 1.68. The van der Waals surface area contributed by atoms with E-state index >= 15 is 0 Å². The van der Waals surface area contributed by atoms with Gasteiger partial charge in [0.05, 0.1) is 12.0 Å². The lowest BCUT2D eigenvalue weighted by molar-refractivity contribution is -0.385. The zero-order valence-electron chi connectivity index (χ0n) is 17.9. The first-order valence-corrected chi connectivity index (χ1v) is 11.3.